The molecule has 1 aliphatic carbocycles. The number of benzene rings is 2. The first kappa shape index (κ1) is 26.8. The fourth-order valence-corrected chi connectivity index (χ4v) is 4.72. The molecule has 1 atom stereocenters. The normalized spacial score (nSPS) is 14.2. The molecule has 0 aliphatic heterocycles. The number of imidazole rings is 1. The number of ether oxygens (including phenoxy) is 2. The number of nitrogens with one attached hydrogen (secondary N) is 1. The number of aryl methyl sites for hydroxylation is 1. The molecule has 0 unspecified atom stereocenters. The van der Waals surface area contributed by atoms with Gasteiger partial charge in [-0.05, 0) is 67.7 Å². The van der Waals surface area contributed by atoms with Crippen molar-refractivity contribution in [2.75, 3.05) is 6.61 Å². The summed E-state index contributed by atoms with van der Waals surface area (Å²) in [5.74, 6) is -1.02. The van der Waals surface area contributed by atoms with Crippen LogP contribution in [0.4, 0.5) is 10.7 Å². The lowest BCUT2D eigenvalue weighted by Gasteiger charge is -2.32. The Balaban J connectivity index is 1.45. The van der Waals surface area contributed by atoms with Crippen molar-refractivity contribution in [1.29, 1.82) is 0 Å². The van der Waals surface area contributed by atoms with Crippen molar-refractivity contribution in [2.24, 2.45) is 0 Å². The van der Waals surface area contributed by atoms with E-state index in [-0.39, 0.29) is 31.4 Å². The van der Waals surface area contributed by atoms with Crippen LogP contribution in [0.15, 0.2) is 60.9 Å². The maximum Gasteiger partial charge on any atom is 0.434 e. The van der Waals surface area contributed by atoms with E-state index in [0.29, 0.717) is 6.42 Å². The van der Waals surface area contributed by atoms with E-state index >= 15 is 0 Å². The fraction of sp³-hybridized carbons (Fsp3) is 0.393. The molecule has 10 nitrogen and oxygen atoms in total. The molecule has 4 rings (SSSR count). The molecule has 1 aliphatic rings. The van der Waals surface area contributed by atoms with Crippen LogP contribution in [0.25, 0.3) is 11.1 Å². The van der Waals surface area contributed by atoms with E-state index in [1.165, 1.54) is 17.0 Å². The molecular weight excluding hydrogens is 488 g/mol. The number of hydrogen-bond acceptors (Lipinski definition) is 7. The Bertz CT molecular complexity index is 1300. The van der Waals surface area contributed by atoms with E-state index in [1.807, 2.05) is 36.4 Å². The van der Waals surface area contributed by atoms with Gasteiger partial charge in [0.1, 0.15) is 30.1 Å². The van der Waals surface area contributed by atoms with Crippen molar-refractivity contribution in [3.63, 3.8) is 0 Å². The highest BCUT2D eigenvalue weighted by Crippen LogP contribution is 2.44. The van der Waals surface area contributed by atoms with Crippen LogP contribution in [0.3, 0.4) is 0 Å². The van der Waals surface area contributed by atoms with Crippen LogP contribution < -0.4 is 5.32 Å². The molecule has 10 heteroatoms. The average molecular weight is 521 g/mol. The molecule has 1 heterocycles. The molecule has 0 bridgehead atoms. The molecule has 1 amide bonds. The van der Waals surface area contributed by atoms with Gasteiger partial charge in [0.05, 0.1) is 6.54 Å². The highest BCUT2D eigenvalue weighted by Gasteiger charge is 2.39. The zero-order valence-electron chi connectivity index (χ0n) is 22.0. The quantitative estimate of drug-likeness (QED) is 0.233. The maximum atomic E-state index is 13.2. The Labute approximate surface area is 221 Å². The SMILES string of the molecule is CC(C)(C)OC(=O)[C@](C)(CCCn1ccnc1[N+](=O)[O-])NC(=O)OCC1c2ccccc2-c2ccccc21. The largest absolute Gasteiger partial charge is 0.458 e. The van der Waals surface area contributed by atoms with Crippen molar-refractivity contribution < 1.29 is 24.0 Å². The summed E-state index contributed by atoms with van der Waals surface area (Å²) in [6.45, 7) is 7.14. The lowest BCUT2D eigenvalue weighted by molar-refractivity contribution is -0.396. The minimum absolute atomic E-state index is 0.103. The topological polar surface area (TPSA) is 126 Å². The molecule has 200 valence electrons. The maximum absolute atomic E-state index is 13.2. The van der Waals surface area contributed by atoms with Gasteiger partial charge in [-0.3, -0.25) is 0 Å². The average Bonchev–Trinajstić information content (AvgIpc) is 3.44. The summed E-state index contributed by atoms with van der Waals surface area (Å²) in [4.78, 5) is 40.5. The number of esters is 1. The zero-order chi connectivity index (χ0) is 27.5. The lowest BCUT2D eigenvalue weighted by Crippen LogP contribution is -2.54. The fourth-order valence-electron chi connectivity index (χ4n) is 4.72. The number of amides is 1. The van der Waals surface area contributed by atoms with Gasteiger partial charge in [0.15, 0.2) is 0 Å². The summed E-state index contributed by atoms with van der Waals surface area (Å²) in [5.41, 5.74) is 2.21. The highest BCUT2D eigenvalue weighted by molar-refractivity contribution is 5.85. The van der Waals surface area contributed by atoms with Crippen molar-refractivity contribution >= 4 is 18.0 Å². The second-order valence-corrected chi connectivity index (χ2v) is 10.6. The predicted octanol–water partition coefficient (Wildman–Crippen LogP) is 5.21. The molecular formula is C28H32N4O6. The summed E-state index contributed by atoms with van der Waals surface area (Å²) in [6, 6.07) is 16.1. The molecule has 0 radical (unpaired) electrons. The number of nitrogens with zero attached hydrogens (tertiary/aromatic N) is 3. The second kappa shape index (κ2) is 10.6. The summed E-state index contributed by atoms with van der Waals surface area (Å²) >= 11 is 0. The number of carbonyl (C=O) groups is 2. The first-order chi connectivity index (χ1) is 18.0. The monoisotopic (exact) mass is 520 g/mol. The van der Waals surface area contributed by atoms with Gasteiger partial charge in [0.2, 0.25) is 0 Å². The molecule has 1 aromatic heterocycles. The molecule has 0 spiro atoms. The number of hydrogen-bond donors (Lipinski definition) is 1. The van der Waals surface area contributed by atoms with Gasteiger partial charge in [-0.2, -0.15) is 0 Å². The minimum atomic E-state index is -1.41. The second-order valence-electron chi connectivity index (χ2n) is 10.6. The van der Waals surface area contributed by atoms with E-state index in [4.69, 9.17) is 9.47 Å². The predicted molar refractivity (Wildman–Crippen MR) is 141 cm³/mol. The first-order valence-corrected chi connectivity index (χ1v) is 12.5. The van der Waals surface area contributed by atoms with E-state index < -0.39 is 28.1 Å². The third kappa shape index (κ3) is 5.85. The molecule has 38 heavy (non-hydrogen) atoms. The number of fused-ring (bicyclic) bond motifs is 3. The van der Waals surface area contributed by atoms with E-state index in [2.05, 4.69) is 22.4 Å². The molecule has 0 saturated carbocycles. The van der Waals surface area contributed by atoms with Crippen LogP contribution in [0.2, 0.25) is 0 Å². The Kier molecular flexibility index (Phi) is 7.52. The number of nitro groups is 1. The van der Waals surface area contributed by atoms with Crippen molar-refractivity contribution in [3.8, 4) is 11.1 Å². The smallest absolute Gasteiger partial charge is 0.434 e. The van der Waals surface area contributed by atoms with Crippen LogP contribution in [-0.4, -0.2) is 44.3 Å². The van der Waals surface area contributed by atoms with Gasteiger partial charge >= 0.3 is 18.0 Å². The van der Waals surface area contributed by atoms with Gasteiger partial charge in [-0.15, -0.1) is 0 Å². The lowest BCUT2D eigenvalue weighted by atomic mass is 9.95. The third-order valence-electron chi connectivity index (χ3n) is 6.50. The molecule has 0 saturated heterocycles. The molecule has 1 N–H and O–H groups in total. The third-order valence-corrected chi connectivity index (χ3v) is 6.50. The highest BCUT2D eigenvalue weighted by atomic mass is 16.6. The number of alkyl carbamates (subject to hydrolysis) is 1. The van der Waals surface area contributed by atoms with Crippen molar-refractivity contribution in [3.05, 3.63) is 82.2 Å². The Hall–Kier alpha value is -4.21. The van der Waals surface area contributed by atoms with E-state index in [9.17, 15) is 19.7 Å². The standard InChI is InChI=1S/C28H32N4O6/c1-27(2,3)38-24(33)28(4,14-9-16-31-17-15-29-25(31)32(35)36)30-26(34)37-18-23-21-12-7-5-10-19(21)20-11-6-8-13-22(20)23/h5-8,10-13,15,17,23H,9,14,16,18H2,1-4H3,(H,30,34)/t28-/m0/s1. The van der Waals surface area contributed by atoms with Gasteiger partial charge in [0, 0.05) is 5.92 Å². The van der Waals surface area contributed by atoms with E-state index in [0.717, 1.165) is 22.3 Å². The summed E-state index contributed by atoms with van der Waals surface area (Å²) in [5, 5.41) is 13.9. The van der Waals surface area contributed by atoms with Gasteiger partial charge in [-0.25, -0.2) is 14.2 Å². The minimum Gasteiger partial charge on any atom is -0.458 e. The van der Waals surface area contributed by atoms with Crippen LogP contribution >= 0.6 is 0 Å². The molecule has 2 aromatic carbocycles. The van der Waals surface area contributed by atoms with Gasteiger partial charge in [0.25, 0.3) is 0 Å². The van der Waals surface area contributed by atoms with Crippen molar-refractivity contribution in [2.45, 2.75) is 64.1 Å². The number of aromatic nitrogens is 2. The summed E-state index contributed by atoms with van der Waals surface area (Å²) in [6.07, 6.45) is 2.62. The first-order valence-electron chi connectivity index (χ1n) is 12.5. The van der Waals surface area contributed by atoms with Crippen LogP contribution in [0.5, 0.6) is 0 Å². The van der Waals surface area contributed by atoms with Crippen LogP contribution in [-0.2, 0) is 20.8 Å². The molecule has 0 fully saturated rings. The van der Waals surface area contributed by atoms with E-state index in [1.54, 1.807) is 27.7 Å². The van der Waals surface area contributed by atoms with Gasteiger partial charge in [-0.1, -0.05) is 53.5 Å². The summed E-state index contributed by atoms with van der Waals surface area (Å²) in [7, 11) is 0. The van der Waals surface area contributed by atoms with Crippen LogP contribution in [0, 0.1) is 10.1 Å². The number of rotatable bonds is 9. The number of carbonyl (C=O) groups excluding carboxylic acids is 2. The molecule has 3 aromatic rings. The Morgan fingerprint density at radius 3 is 2.24 bits per heavy atom. The zero-order valence-corrected chi connectivity index (χ0v) is 22.0. The Morgan fingerprint density at radius 2 is 1.66 bits per heavy atom. The Morgan fingerprint density at radius 1 is 1.05 bits per heavy atom. The van der Waals surface area contributed by atoms with Crippen molar-refractivity contribution in [1.82, 2.24) is 14.9 Å². The summed E-state index contributed by atoms with van der Waals surface area (Å²) < 4.78 is 12.6. The van der Waals surface area contributed by atoms with Crippen LogP contribution in [0.1, 0.15) is 57.6 Å². The van der Waals surface area contributed by atoms with Gasteiger partial charge < -0.3 is 24.9 Å².